The van der Waals surface area contributed by atoms with Gasteiger partial charge in [0.2, 0.25) is 5.88 Å². The molecule has 0 bridgehead atoms. The highest BCUT2D eigenvalue weighted by Gasteiger charge is 2.50. The average molecular weight is 959 g/mol. The minimum atomic E-state index is -4.69. The van der Waals surface area contributed by atoms with E-state index in [1.807, 2.05) is 29.2 Å². The number of benzene rings is 3. The van der Waals surface area contributed by atoms with Crippen LogP contribution in [0.15, 0.2) is 77.8 Å². The zero-order valence-electron chi connectivity index (χ0n) is 38.6. The van der Waals surface area contributed by atoms with Crippen molar-refractivity contribution >= 4 is 55.4 Å². The number of nitro groups is 1. The number of likely N-dealkylation sites (tertiary alicyclic amines) is 1. The van der Waals surface area contributed by atoms with E-state index in [0.29, 0.717) is 61.0 Å². The molecule has 7 aliphatic rings. The Bertz CT molecular complexity index is 2940. The predicted molar refractivity (Wildman–Crippen MR) is 259 cm³/mol. The lowest BCUT2D eigenvalue weighted by molar-refractivity contribution is -0.384. The number of ether oxygens (including phenoxy) is 3. The molecule has 5 aliphatic heterocycles. The maximum Gasteiger partial charge on any atom is 0.297 e. The molecule has 4 N–H and O–H groups in total. The number of H-pyrrole nitrogens is 1. The summed E-state index contributed by atoms with van der Waals surface area (Å²) < 4.78 is 49.3. The molecule has 362 valence electrons. The van der Waals surface area contributed by atoms with Crippen molar-refractivity contribution in [3.63, 3.8) is 0 Å². The highest BCUT2D eigenvalue weighted by molar-refractivity contribution is 7.90. The number of piperidine rings is 1. The van der Waals surface area contributed by atoms with Crippen molar-refractivity contribution in [3.05, 3.63) is 99.7 Å². The predicted octanol–water partition coefficient (Wildman–Crippen LogP) is 7.51. The van der Waals surface area contributed by atoms with Crippen LogP contribution in [0, 0.1) is 28.4 Å². The molecule has 2 aliphatic carbocycles. The van der Waals surface area contributed by atoms with Crippen LogP contribution >= 0.6 is 0 Å². The molecule has 3 aromatic carbocycles. The molecule has 5 fully saturated rings. The molecule has 18 heteroatoms. The topological polar surface area (TPSA) is 205 Å². The largest absolute Gasteiger partial charge is 0.489 e. The molecule has 2 saturated carbocycles. The number of sulfonamides is 1. The van der Waals surface area contributed by atoms with Crippen LogP contribution in [0.3, 0.4) is 0 Å². The third-order valence-electron chi connectivity index (χ3n) is 16.5. The lowest BCUT2D eigenvalue weighted by atomic mass is 9.59. The smallest absolute Gasteiger partial charge is 0.297 e. The Balaban J connectivity index is 0.833. The van der Waals surface area contributed by atoms with Crippen LogP contribution in [0.5, 0.6) is 11.6 Å². The van der Waals surface area contributed by atoms with Gasteiger partial charge in [0.1, 0.15) is 24.0 Å². The van der Waals surface area contributed by atoms with Gasteiger partial charge in [-0.3, -0.25) is 19.8 Å². The number of aliphatic hydroxyl groups excluding tert-OH is 1. The molecule has 12 rings (SSSR count). The maximum absolute atomic E-state index is 14.7. The quantitative estimate of drug-likeness (QED) is 0.0835. The minimum Gasteiger partial charge on any atom is -0.489 e. The first-order chi connectivity index (χ1) is 33.4. The van der Waals surface area contributed by atoms with Crippen molar-refractivity contribution < 1.29 is 37.5 Å². The van der Waals surface area contributed by atoms with E-state index >= 15 is 0 Å². The number of aliphatic hydroxyl groups is 1. The summed E-state index contributed by atoms with van der Waals surface area (Å²) >= 11 is 0. The highest BCUT2D eigenvalue weighted by atomic mass is 32.2. The number of aryl methyl sites for hydroxylation is 1. The van der Waals surface area contributed by atoms with Crippen molar-refractivity contribution in [2.24, 2.45) is 11.3 Å². The number of fused-ring (bicyclic) bond motifs is 4. The second kappa shape index (κ2) is 17.2. The van der Waals surface area contributed by atoms with E-state index in [4.69, 9.17) is 19.2 Å². The number of carbonyl (C=O) groups excluding carboxylic acids is 1. The van der Waals surface area contributed by atoms with E-state index in [1.165, 1.54) is 42.9 Å². The number of rotatable bonds is 9. The van der Waals surface area contributed by atoms with Gasteiger partial charge in [-0.05, 0) is 130 Å². The van der Waals surface area contributed by atoms with E-state index < -0.39 is 37.5 Å². The van der Waals surface area contributed by atoms with Crippen molar-refractivity contribution in [3.8, 4) is 11.6 Å². The Kier molecular flexibility index (Phi) is 11.0. The number of nitro benzene ring substituents is 1. The van der Waals surface area contributed by atoms with Gasteiger partial charge in [-0.15, -0.1) is 0 Å². The summed E-state index contributed by atoms with van der Waals surface area (Å²) in [6.07, 6.45) is 10.7. The Hall–Kier alpha value is -5.95. The highest BCUT2D eigenvalue weighted by Crippen LogP contribution is 2.55. The van der Waals surface area contributed by atoms with Gasteiger partial charge < -0.3 is 39.4 Å². The summed E-state index contributed by atoms with van der Waals surface area (Å²) in [6.45, 7) is 5.82. The van der Waals surface area contributed by atoms with Gasteiger partial charge in [-0.1, -0.05) is 24.3 Å². The number of nitrogens with zero attached hydrogens (tertiary/aromatic N) is 5. The summed E-state index contributed by atoms with van der Waals surface area (Å²) in [7, 11) is -4.69. The van der Waals surface area contributed by atoms with Gasteiger partial charge in [0.15, 0.2) is 11.4 Å². The normalized spacial score (nSPS) is 26.6. The molecule has 0 radical (unpaired) electrons. The minimum absolute atomic E-state index is 0.0122. The van der Waals surface area contributed by atoms with Crippen molar-refractivity contribution in [2.75, 3.05) is 54.6 Å². The standard InChI is InChI=1S/C51H58N8O9S/c1-30-5-2-3-6-37(30)40-7-4-18-57(40)34-25-51(26-34)15-19-56(20-16-51)33-10-13-38(41(22-33)58-43-21-32-14-17-52-48(32)54-50(43)68-46-29-66-28-44(46)58)49(61)55-69(64,65)36-23-42(59(62)63)47-45(24-36)67-27-39(53-47)31-8-11-35(60)12-9-31/h2-3,5-6,10,13-14,17,21-24,31,34-35,39-40,44,46,53,60H,4,7-9,11-12,15-16,18-20,25-29H2,1H3,(H,52,54)(H,55,61)/t31?,35?,39-,40-,44+,46+/m0/s1. The molecular weight excluding hydrogens is 901 g/mol. The first-order valence-electron chi connectivity index (χ1n) is 24.6. The molecule has 69 heavy (non-hydrogen) atoms. The molecule has 7 heterocycles. The third-order valence-corrected chi connectivity index (χ3v) is 17.8. The molecule has 5 aromatic rings. The third kappa shape index (κ3) is 7.92. The Morgan fingerprint density at radius 1 is 0.957 bits per heavy atom. The zero-order valence-corrected chi connectivity index (χ0v) is 39.5. The van der Waals surface area contributed by atoms with Crippen LogP contribution in [0.4, 0.5) is 28.4 Å². The summed E-state index contributed by atoms with van der Waals surface area (Å²) in [5.74, 6) is -0.405. The number of anilines is 4. The summed E-state index contributed by atoms with van der Waals surface area (Å²) in [5.41, 5.74) is 5.45. The SMILES string of the molecule is Cc1ccccc1[C@@H]1CCCN1C1CC2(CCN(c3ccc(C(=O)NS(=O)(=O)c4cc5c(c([N+](=O)[O-])c4)N[C@H](C4CCC(O)CC4)CO5)c(N4c5cc6cc[nH]c6nc5O[C@@H]5COC[C@H]54)c3)CC2)C1. The summed E-state index contributed by atoms with van der Waals surface area (Å²) in [6, 6.07) is 20.9. The fourth-order valence-electron chi connectivity index (χ4n) is 12.7. The van der Waals surface area contributed by atoms with Crippen molar-refractivity contribution in [2.45, 2.75) is 112 Å². The molecular formula is C51H58N8O9S. The fraction of sp³-hybridized carbons (Fsp3) is 0.490. The van der Waals surface area contributed by atoms with Crippen LogP contribution in [0.25, 0.3) is 11.0 Å². The van der Waals surface area contributed by atoms with Gasteiger partial charge in [-0.25, -0.2) is 13.1 Å². The van der Waals surface area contributed by atoms with E-state index in [1.54, 1.807) is 12.3 Å². The number of hydrogen-bond donors (Lipinski definition) is 4. The lowest BCUT2D eigenvalue weighted by Crippen LogP contribution is -2.55. The van der Waals surface area contributed by atoms with Gasteiger partial charge >= 0.3 is 0 Å². The molecule has 1 amide bonds. The van der Waals surface area contributed by atoms with Crippen molar-refractivity contribution in [1.82, 2.24) is 19.6 Å². The number of aromatic nitrogens is 2. The number of nitrogens with one attached hydrogen (secondary N) is 3. The Morgan fingerprint density at radius 2 is 1.77 bits per heavy atom. The van der Waals surface area contributed by atoms with Crippen LogP contribution < -0.4 is 29.3 Å². The summed E-state index contributed by atoms with van der Waals surface area (Å²) in [4.78, 5) is 41.2. The van der Waals surface area contributed by atoms with Crippen LogP contribution in [0.2, 0.25) is 0 Å². The average Bonchev–Trinajstić information content (AvgIpc) is 4.13. The number of aromatic amines is 1. The fourth-order valence-corrected chi connectivity index (χ4v) is 13.7. The molecule has 2 aromatic heterocycles. The molecule has 1 spiro atoms. The lowest BCUT2D eigenvalue weighted by Gasteiger charge is -2.56. The number of carbonyl (C=O) groups is 1. The molecule has 3 saturated heterocycles. The zero-order chi connectivity index (χ0) is 47.2. The first-order valence-corrected chi connectivity index (χ1v) is 26.1. The van der Waals surface area contributed by atoms with Gasteiger partial charge in [0, 0.05) is 54.6 Å². The Labute approximate surface area is 400 Å². The number of hydrogen-bond acceptors (Lipinski definition) is 14. The van der Waals surface area contributed by atoms with Gasteiger partial charge in [0.05, 0.1) is 52.5 Å². The van der Waals surface area contributed by atoms with E-state index in [0.717, 1.165) is 62.5 Å². The van der Waals surface area contributed by atoms with Crippen LogP contribution in [0.1, 0.15) is 91.7 Å². The monoisotopic (exact) mass is 958 g/mol. The van der Waals surface area contributed by atoms with E-state index in [9.17, 15) is 28.4 Å². The van der Waals surface area contributed by atoms with Gasteiger partial charge in [-0.2, -0.15) is 4.98 Å². The van der Waals surface area contributed by atoms with Gasteiger partial charge in [0.25, 0.3) is 21.6 Å². The molecule has 4 atom stereocenters. The molecule has 0 unspecified atom stereocenters. The van der Waals surface area contributed by atoms with E-state index in [-0.39, 0.29) is 53.1 Å². The van der Waals surface area contributed by atoms with E-state index in [2.05, 4.69) is 56.0 Å². The first kappa shape index (κ1) is 44.3. The van der Waals surface area contributed by atoms with Crippen molar-refractivity contribution in [1.29, 1.82) is 0 Å². The Morgan fingerprint density at radius 3 is 2.57 bits per heavy atom. The maximum atomic E-state index is 14.7. The molecule has 17 nitrogen and oxygen atoms in total. The number of pyridine rings is 1. The second-order valence-corrected chi connectivity index (χ2v) is 22.2. The summed E-state index contributed by atoms with van der Waals surface area (Å²) in [5, 5.41) is 26.6. The second-order valence-electron chi connectivity index (χ2n) is 20.5. The van der Waals surface area contributed by atoms with Crippen LogP contribution in [-0.2, 0) is 14.8 Å². The van der Waals surface area contributed by atoms with Crippen LogP contribution in [-0.4, -0.2) is 109 Å². The number of amides is 1.